The molecular formula is C31H38N4O. The van der Waals surface area contributed by atoms with Gasteiger partial charge in [0.2, 0.25) is 0 Å². The maximum absolute atomic E-state index is 6.51. The van der Waals surface area contributed by atoms with Crippen LogP contribution in [-0.4, -0.2) is 60.7 Å². The number of pyridine rings is 1. The number of rotatable bonds is 8. The lowest BCUT2D eigenvalue weighted by atomic mass is 9.65. The van der Waals surface area contributed by atoms with Gasteiger partial charge in [-0.2, -0.15) is 0 Å². The van der Waals surface area contributed by atoms with Gasteiger partial charge in [-0.15, -0.1) is 0 Å². The summed E-state index contributed by atoms with van der Waals surface area (Å²) in [6.07, 6.45) is 6.27. The molecule has 2 heterocycles. The molecule has 2 fully saturated rings. The van der Waals surface area contributed by atoms with E-state index in [0.29, 0.717) is 17.7 Å². The Hall–Kier alpha value is -2.89. The Balaban J connectivity index is 1.07. The molecule has 1 aromatic heterocycles. The lowest BCUT2D eigenvalue weighted by molar-refractivity contribution is 0.117. The fourth-order valence-electron chi connectivity index (χ4n) is 6.55. The summed E-state index contributed by atoms with van der Waals surface area (Å²) in [6, 6.07) is 21.2. The molecule has 0 radical (unpaired) electrons. The van der Waals surface area contributed by atoms with Crippen molar-refractivity contribution in [3.63, 3.8) is 0 Å². The fourth-order valence-corrected chi connectivity index (χ4v) is 6.55. The van der Waals surface area contributed by atoms with Crippen LogP contribution in [0.3, 0.4) is 0 Å². The molecule has 4 aliphatic rings. The number of nitrogen functional groups attached to an aromatic ring is 1. The molecule has 188 valence electrons. The van der Waals surface area contributed by atoms with Gasteiger partial charge >= 0.3 is 0 Å². The van der Waals surface area contributed by atoms with Crippen molar-refractivity contribution in [3.05, 3.63) is 77.4 Å². The maximum Gasteiger partial charge on any atom is 0.124 e. The average Bonchev–Trinajstić information content (AvgIpc) is 2.94. The smallest absolute Gasteiger partial charge is 0.124 e. The van der Waals surface area contributed by atoms with Crippen LogP contribution in [0.2, 0.25) is 0 Å². The van der Waals surface area contributed by atoms with Gasteiger partial charge in [-0.3, -0.25) is 4.90 Å². The first-order valence-electron chi connectivity index (χ1n) is 13.8. The molecule has 2 N–H and O–H groups in total. The predicted octanol–water partition coefficient (Wildman–Crippen LogP) is 5.32. The van der Waals surface area contributed by atoms with Gasteiger partial charge in [-0.05, 0) is 79.3 Å². The van der Waals surface area contributed by atoms with E-state index >= 15 is 0 Å². The molecule has 7 rings (SSSR count). The number of hydrogen-bond donors (Lipinski definition) is 1. The summed E-state index contributed by atoms with van der Waals surface area (Å²) in [7, 11) is 0. The fraction of sp³-hybridized carbons (Fsp3) is 0.452. The van der Waals surface area contributed by atoms with Crippen molar-refractivity contribution in [2.75, 3.05) is 51.6 Å². The molecule has 1 aliphatic heterocycles. The third-order valence-corrected chi connectivity index (χ3v) is 8.53. The topological polar surface area (TPSA) is 54.6 Å². The van der Waals surface area contributed by atoms with Gasteiger partial charge in [0, 0.05) is 50.4 Å². The van der Waals surface area contributed by atoms with Crippen LogP contribution in [0.4, 0.5) is 5.82 Å². The highest BCUT2D eigenvalue weighted by Gasteiger charge is 2.37. The Kier molecular flexibility index (Phi) is 6.93. The highest BCUT2D eigenvalue weighted by Crippen LogP contribution is 2.55. The zero-order valence-corrected chi connectivity index (χ0v) is 21.2. The van der Waals surface area contributed by atoms with Gasteiger partial charge in [0.15, 0.2) is 0 Å². The Morgan fingerprint density at radius 3 is 2.17 bits per heavy atom. The Bertz CT molecular complexity index is 1160. The molecule has 3 aromatic rings. The summed E-state index contributed by atoms with van der Waals surface area (Å²) >= 11 is 0. The predicted molar refractivity (Wildman–Crippen MR) is 147 cm³/mol. The maximum atomic E-state index is 6.51. The first kappa shape index (κ1) is 23.5. The van der Waals surface area contributed by atoms with Crippen LogP contribution >= 0.6 is 0 Å². The lowest BCUT2D eigenvalue weighted by Crippen LogP contribution is -2.47. The van der Waals surface area contributed by atoms with Gasteiger partial charge in [-0.25, -0.2) is 4.98 Å². The Morgan fingerprint density at radius 1 is 0.750 bits per heavy atom. The van der Waals surface area contributed by atoms with E-state index in [-0.39, 0.29) is 0 Å². The second-order valence-electron chi connectivity index (χ2n) is 10.7. The van der Waals surface area contributed by atoms with E-state index in [2.05, 4.69) is 63.3 Å². The molecule has 1 saturated carbocycles. The SMILES string of the molecule is Nc1cccc(-c2ccc(OCCN3CCN(CCc4ccccc4)CC3)c3c2C2CCC3CC2)n1. The molecule has 36 heavy (non-hydrogen) atoms. The Morgan fingerprint density at radius 2 is 1.44 bits per heavy atom. The molecular weight excluding hydrogens is 444 g/mol. The standard InChI is InChI=1S/C31H38N4O/c32-29-8-4-7-27(33-29)26-13-14-28(31-25-11-9-24(10-12-25)30(26)31)36-22-21-35-19-17-34(18-20-35)16-15-23-5-2-1-3-6-23/h1-8,13-14,24-25H,9-12,15-22H2,(H2,32,33). The second-order valence-corrected chi connectivity index (χ2v) is 10.7. The van der Waals surface area contributed by atoms with Crippen LogP contribution in [0.1, 0.15) is 54.2 Å². The van der Waals surface area contributed by atoms with Crippen LogP contribution in [0.5, 0.6) is 5.75 Å². The summed E-state index contributed by atoms with van der Waals surface area (Å²) in [6.45, 7) is 7.44. The second kappa shape index (κ2) is 10.6. The number of hydrogen-bond acceptors (Lipinski definition) is 5. The molecule has 0 unspecified atom stereocenters. The van der Waals surface area contributed by atoms with E-state index in [1.807, 2.05) is 12.1 Å². The van der Waals surface area contributed by atoms with Gasteiger partial charge < -0.3 is 15.4 Å². The third kappa shape index (κ3) is 5.00. The molecule has 0 amide bonds. The highest BCUT2D eigenvalue weighted by molar-refractivity contribution is 5.71. The highest BCUT2D eigenvalue weighted by atomic mass is 16.5. The molecule has 0 spiro atoms. The van der Waals surface area contributed by atoms with Gasteiger partial charge in [0.25, 0.3) is 0 Å². The Labute approximate surface area is 215 Å². The van der Waals surface area contributed by atoms with Gasteiger partial charge in [0.1, 0.15) is 18.2 Å². The normalized spacial score (nSPS) is 21.9. The van der Waals surface area contributed by atoms with Crippen molar-refractivity contribution in [2.24, 2.45) is 0 Å². The molecule has 0 atom stereocenters. The number of piperazine rings is 1. The minimum Gasteiger partial charge on any atom is -0.492 e. The number of nitrogens with zero attached hydrogens (tertiary/aromatic N) is 3. The van der Waals surface area contributed by atoms with E-state index in [1.165, 1.54) is 47.9 Å². The van der Waals surface area contributed by atoms with Crippen molar-refractivity contribution in [3.8, 4) is 17.0 Å². The van der Waals surface area contributed by atoms with Gasteiger partial charge in [-0.1, -0.05) is 36.4 Å². The van der Waals surface area contributed by atoms with Crippen LogP contribution in [0, 0.1) is 0 Å². The number of ether oxygens (including phenoxy) is 1. The average molecular weight is 483 g/mol. The van der Waals surface area contributed by atoms with Crippen LogP contribution in [0.15, 0.2) is 60.7 Å². The molecule has 1 saturated heterocycles. The monoisotopic (exact) mass is 482 g/mol. The number of anilines is 1. The first-order valence-corrected chi connectivity index (χ1v) is 13.8. The van der Waals surface area contributed by atoms with Crippen molar-refractivity contribution in [2.45, 2.75) is 43.9 Å². The summed E-state index contributed by atoms with van der Waals surface area (Å²) in [5, 5.41) is 0. The molecule has 5 heteroatoms. The van der Waals surface area contributed by atoms with E-state index in [1.54, 1.807) is 0 Å². The first-order chi connectivity index (χ1) is 17.7. The molecule has 2 aromatic carbocycles. The van der Waals surface area contributed by atoms with Crippen molar-refractivity contribution >= 4 is 5.82 Å². The zero-order valence-electron chi connectivity index (χ0n) is 21.2. The van der Waals surface area contributed by atoms with E-state index in [0.717, 1.165) is 63.7 Å². The number of aromatic nitrogens is 1. The van der Waals surface area contributed by atoms with Gasteiger partial charge in [0.05, 0.1) is 5.69 Å². The van der Waals surface area contributed by atoms with Crippen LogP contribution in [0.25, 0.3) is 11.3 Å². The third-order valence-electron chi connectivity index (χ3n) is 8.53. The summed E-state index contributed by atoms with van der Waals surface area (Å²) in [4.78, 5) is 9.81. The minimum atomic E-state index is 0.586. The van der Waals surface area contributed by atoms with Crippen molar-refractivity contribution < 1.29 is 4.74 Å². The minimum absolute atomic E-state index is 0.586. The molecule has 3 aliphatic carbocycles. The quantitative estimate of drug-likeness (QED) is 0.471. The largest absolute Gasteiger partial charge is 0.492 e. The van der Waals surface area contributed by atoms with E-state index in [9.17, 15) is 0 Å². The number of nitrogens with two attached hydrogens (primary N) is 1. The van der Waals surface area contributed by atoms with Crippen LogP contribution in [-0.2, 0) is 6.42 Å². The molecule has 2 bridgehead atoms. The zero-order chi connectivity index (χ0) is 24.3. The number of benzene rings is 2. The van der Waals surface area contributed by atoms with Crippen molar-refractivity contribution in [1.29, 1.82) is 0 Å². The molecule has 5 nitrogen and oxygen atoms in total. The van der Waals surface area contributed by atoms with E-state index in [4.69, 9.17) is 10.5 Å². The lowest BCUT2D eigenvalue weighted by Gasteiger charge is -2.40. The van der Waals surface area contributed by atoms with Crippen LogP contribution < -0.4 is 10.5 Å². The van der Waals surface area contributed by atoms with E-state index < -0.39 is 0 Å². The van der Waals surface area contributed by atoms with Crippen molar-refractivity contribution in [1.82, 2.24) is 14.8 Å². The summed E-state index contributed by atoms with van der Waals surface area (Å²) < 4.78 is 6.51. The summed E-state index contributed by atoms with van der Waals surface area (Å²) in [5.41, 5.74) is 12.7. The number of fused-ring (bicyclic) bond motifs is 2. The summed E-state index contributed by atoms with van der Waals surface area (Å²) in [5.74, 6) is 2.93.